The molecule has 5 saturated heterocycles. The fourth-order valence-electron chi connectivity index (χ4n) is 17.1. The predicted molar refractivity (Wildman–Crippen MR) is 299 cm³/mol. The average Bonchev–Trinajstić information content (AvgIpc) is 1.33. The zero-order chi connectivity index (χ0) is 64.7. The third-order valence-corrected chi connectivity index (χ3v) is 22.8. The van der Waals surface area contributed by atoms with Crippen LogP contribution in [0.25, 0.3) is 0 Å². The molecule has 34 atom stereocenters. The summed E-state index contributed by atoms with van der Waals surface area (Å²) in [6.07, 6.45) is -34.1. The van der Waals surface area contributed by atoms with Crippen molar-refractivity contribution in [2.24, 2.45) is 45.3 Å². The first kappa shape index (κ1) is 70.9. The van der Waals surface area contributed by atoms with Crippen molar-refractivity contribution < 1.29 is 139 Å². The van der Waals surface area contributed by atoms with Gasteiger partial charge in [0.05, 0.1) is 50.8 Å². The van der Waals surface area contributed by atoms with Gasteiger partial charge in [0, 0.05) is 5.41 Å². The van der Waals surface area contributed by atoms with E-state index in [2.05, 4.69) is 47.6 Å². The molecule has 0 aromatic heterocycles. The maximum atomic E-state index is 11.9. The molecule has 0 radical (unpaired) electrons. The topological polar surface area (TPSA) is 456 Å². The van der Waals surface area contributed by atoms with Gasteiger partial charge in [0.15, 0.2) is 31.5 Å². The fraction of sp³-hybridized carbons (Fsp3) is 0.967. The molecule has 18 N–H and O–H groups in total. The summed E-state index contributed by atoms with van der Waals surface area (Å²) in [4.78, 5) is 0. The number of rotatable bonds is 20. The Morgan fingerprint density at radius 3 is 1.47 bits per heavy atom. The second-order valence-electron chi connectivity index (χ2n) is 28.6. The van der Waals surface area contributed by atoms with Crippen molar-refractivity contribution in [2.45, 2.75) is 285 Å². The zero-order valence-electron chi connectivity index (χ0n) is 51.5. The summed E-state index contributed by atoms with van der Waals surface area (Å²) in [5, 5.41) is 193. The van der Waals surface area contributed by atoms with Crippen molar-refractivity contribution in [1.29, 1.82) is 0 Å². The number of ether oxygens (including phenoxy) is 10. The largest absolute Gasteiger partial charge is 0.394 e. The van der Waals surface area contributed by atoms with E-state index in [1.165, 1.54) is 19.4 Å². The lowest BCUT2D eigenvalue weighted by Crippen LogP contribution is -2.65. The number of aliphatic hydroxyl groups excluding tert-OH is 17. The molecule has 9 rings (SSSR count). The predicted octanol–water partition coefficient (Wildman–Crippen LogP) is -4.38. The van der Waals surface area contributed by atoms with Crippen LogP contribution in [0.1, 0.15) is 113 Å². The normalized spacial score (nSPS) is 51.4. The highest BCUT2D eigenvalue weighted by atomic mass is 16.8. The molecule has 0 bridgehead atoms. The lowest BCUT2D eigenvalue weighted by atomic mass is 9.39. The summed E-state index contributed by atoms with van der Waals surface area (Å²) in [7, 11) is 0. The van der Waals surface area contributed by atoms with Gasteiger partial charge in [-0.05, 0) is 112 Å². The van der Waals surface area contributed by atoms with E-state index in [0.29, 0.717) is 12.8 Å². The minimum atomic E-state index is -1.93. The summed E-state index contributed by atoms with van der Waals surface area (Å²) in [5.74, 6) is 0.763. The molecule has 9 aliphatic rings. The average molecular weight is 1270 g/mol. The minimum Gasteiger partial charge on any atom is -0.394 e. The van der Waals surface area contributed by atoms with Crippen molar-refractivity contribution in [2.75, 3.05) is 33.0 Å². The zero-order valence-corrected chi connectivity index (χ0v) is 51.5. The van der Waals surface area contributed by atoms with Gasteiger partial charge >= 0.3 is 0 Å². The molecule has 4 aliphatic carbocycles. The van der Waals surface area contributed by atoms with Crippen molar-refractivity contribution >= 4 is 0 Å². The minimum absolute atomic E-state index is 0.0759. The van der Waals surface area contributed by atoms with E-state index >= 15 is 0 Å². The van der Waals surface area contributed by atoms with E-state index in [1.807, 2.05) is 0 Å². The van der Waals surface area contributed by atoms with Crippen molar-refractivity contribution in [3.63, 3.8) is 0 Å². The third kappa shape index (κ3) is 12.8. The molecule has 0 aromatic rings. The molecular formula is C60H102O28. The highest BCUT2D eigenvalue weighted by Gasteiger charge is 2.68. The molecule has 510 valence electrons. The molecule has 88 heavy (non-hydrogen) atoms. The Morgan fingerprint density at radius 2 is 0.955 bits per heavy atom. The number of hydrogen-bond donors (Lipinski definition) is 18. The Labute approximate surface area is 512 Å². The van der Waals surface area contributed by atoms with E-state index in [4.69, 9.17) is 47.4 Å². The van der Waals surface area contributed by atoms with E-state index in [9.17, 15) is 91.9 Å². The van der Waals surface area contributed by atoms with Crippen molar-refractivity contribution in [1.82, 2.24) is 0 Å². The monoisotopic (exact) mass is 1270 g/mol. The van der Waals surface area contributed by atoms with Crippen LogP contribution >= 0.6 is 0 Å². The number of allylic oxidation sites excluding steroid dienone is 1. The van der Waals surface area contributed by atoms with E-state index in [0.717, 1.165) is 38.5 Å². The van der Waals surface area contributed by atoms with Gasteiger partial charge in [0.1, 0.15) is 122 Å². The van der Waals surface area contributed by atoms with Gasteiger partial charge in [0.25, 0.3) is 0 Å². The van der Waals surface area contributed by atoms with Crippen LogP contribution in [-0.2, 0) is 47.4 Å². The van der Waals surface area contributed by atoms with Gasteiger partial charge in [-0.25, -0.2) is 0 Å². The number of hydrogen-bond acceptors (Lipinski definition) is 28. The molecule has 0 amide bonds. The molecule has 28 heteroatoms. The van der Waals surface area contributed by atoms with Gasteiger partial charge in [-0.1, -0.05) is 53.2 Å². The third-order valence-electron chi connectivity index (χ3n) is 22.8. The lowest BCUT2D eigenvalue weighted by Gasteiger charge is -2.66. The summed E-state index contributed by atoms with van der Waals surface area (Å²) in [6.45, 7) is 13.2. The molecule has 28 nitrogen and oxygen atoms in total. The standard InChI is InChI=1S/C60H102O28/c1-24(9-13-35(57(4,5)78)86-55-50(88-53-48(77)43(72)38(67)30(21-63)82-53)45(74)40(69)32(84-55)23-79-51-46(75)41(70)36(65)28(19-61)80-51)25-15-16-60(8)33-12-10-26-27(58(33,6)17-18-59(25,60)7)11-14-34(56(26,2)3)85-54-49(44(73)39(68)31(22-64)83-54)87-52-47(76)42(71)37(66)29(20-62)81-52/h10,24-25,27-55,61-78H,9,11-23H2,1-8H3/t24?,25?,27?,28-,29-,30-,31-,32-,33?,34+,35?,36-,37-,38-,39-,40-,41+,42+,43+,44+,45+,46-,47-,48-,49-,50-,51-,52+,53+,54?,55+,58?,59?,60?/m1/s1. The number of aliphatic hydroxyl groups is 18. The fourth-order valence-corrected chi connectivity index (χ4v) is 17.1. The first-order valence-corrected chi connectivity index (χ1v) is 31.5. The molecular weight excluding hydrogens is 1170 g/mol. The maximum absolute atomic E-state index is 11.9. The van der Waals surface area contributed by atoms with E-state index < -0.39 is 210 Å². The first-order chi connectivity index (χ1) is 41.2. The van der Waals surface area contributed by atoms with Crippen LogP contribution in [0.2, 0.25) is 0 Å². The van der Waals surface area contributed by atoms with Crippen LogP contribution in [-0.4, -0.2) is 296 Å². The second kappa shape index (κ2) is 27.4. The van der Waals surface area contributed by atoms with Gasteiger partial charge in [-0.15, -0.1) is 0 Å². The lowest BCUT2D eigenvalue weighted by molar-refractivity contribution is -0.380. The highest BCUT2D eigenvalue weighted by molar-refractivity contribution is 5.30. The number of fused-ring (bicyclic) bond motifs is 5. The van der Waals surface area contributed by atoms with Gasteiger partial charge in [-0.3, -0.25) is 0 Å². The van der Waals surface area contributed by atoms with E-state index in [-0.39, 0.29) is 46.3 Å². The molecule has 5 aliphatic heterocycles. The molecule has 0 aromatic carbocycles. The Kier molecular flexibility index (Phi) is 22.1. The first-order valence-electron chi connectivity index (χ1n) is 31.5. The van der Waals surface area contributed by atoms with Gasteiger partial charge in [-0.2, -0.15) is 0 Å². The summed E-state index contributed by atoms with van der Waals surface area (Å²) < 4.78 is 60.2. The Balaban J connectivity index is 0.895. The molecule has 0 spiro atoms. The summed E-state index contributed by atoms with van der Waals surface area (Å²) in [6, 6.07) is 0. The van der Waals surface area contributed by atoms with Crippen molar-refractivity contribution in [3.05, 3.63) is 11.6 Å². The van der Waals surface area contributed by atoms with Crippen LogP contribution in [0.4, 0.5) is 0 Å². The Bertz CT molecular complexity index is 2310. The summed E-state index contributed by atoms with van der Waals surface area (Å²) in [5.41, 5.74) is -1.33. The quantitative estimate of drug-likeness (QED) is 0.0512. The Hall–Kier alpha value is -1.38. The van der Waals surface area contributed by atoms with Crippen molar-refractivity contribution in [3.8, 4) is 0 Å². The van der Waals surface area contributed by atoms with Crippen LogP contribution in [0.3, 0.4) is 0 Å². The van der Waals surface area contributed by atoms with Crippen LogP contribution in [0.5, 0.6) is 0 Å². The Morgan fingerprint density at radius 1 is 0.500 bits per heavy atom. The maximum Gasteiger partial charge on any atom is 0.187 e. The van der Waals surface area contributed by atoms with Crippen LogP contribution in [0.15, 0.2) is 11.6 Å². The van der Waals surface area contributed by atoms with E-state index in [1.54, 1.807) is 0 Å². The SMILES string of the molecule is CC(CCC(O[C@@H]1O[C@H](CO[C@@H]2O[C@H](CO)[C@@H](O)[C@H](O)[C@H]2O)[C@@H](O)[C@H](O)[C@H]1O[C@@H]1O[C@H](CO)[C@@H](O)[C@H](O)[C@H]1O)C(C)(C)O)C1CCC2(C)C3CC=C4C(CC[C@H](OC5O[C@H](CO)[C@@H](O)[C@H](O)[C@H]5O[C@@H]5O[C@H](CO)[C@@H](O)[C@H](O)[C@H]5O)C4(C)C)C3(C)CCC12C. The van der Waals surface area contributed by atoms with Crippen LogP contribution in [0, 0.1) is 45.3 Å². The molecule has 5 heterocycles. The van der Waals surface area contributed by atoms with Crippen LogP contribution < -0.4 is 0 Å². The molecule has 9 unspecified atom stereocenters. The molecule has 3 saturated carbocycles. The smallest absolute Gasteiger partial charge is 0.187 e. The molecule has 8 fully saturated rings. The van der Waals surface area contributed by atoms with Gasteiger partial charge in [0.2, 0.25) is 0 Å². The highest BCUT2D eigenvalue weighted by Crippen LogP contribution is 2.75. The van der Waals surface area contributed by atoms with Gasteiger partial charge < -0.3 is 139 Å². The second-order valence-corrected chi connectivity index (χ2v) is 28.6. The summed E-state index contributed by atoms with van der Waals surface area (Å²) >= 11 is 0.